The Bertz CT molecular complexity index is 1330. The van der Waals surface area contributed by atoms with Crippen LogP contribution in [-0.2, 0) is 34.4 Å². The Balaban J connectivity index is 0.00000253. The molecule has 2 amide bonds. The summed E-state index contributed by atoms with van der Waals surface area (Å²) in [4.78, 5) is 37.2. The normalized spacial score (nSPS) is 12.6. The number of imidazole rings is 1. The molecule has 0 unspecified atom stereocenters. The lowest BCUT2D eigenvalue weighted by molar-refractivity contribution is -0.129. The number of para-hydroxylation sites is 1. The van der Waals surface area contributed by atoms with Gasteiger partial charge in [-0.05, 0) is 23.6 Å². The van der Waals surface area contributed by atoms with Crippen molar-refractivity contribution in [2.75, 3.05) is 0 Å². The van der Waals surface area contributed by atoms with Gasteiger partial charge in [0.2, 0.25) is 11.8 Å². The van der Waals surface area contributed by atoms with Crippen LogP contribution in [-0.4, -0.2) is 38.8 Å². The van der Waals surface area contributed by atoms with Crippen molar-refractivity contribution < 1.29 is 9.59 Å². The highest BCUT2D eigenvalue weighted by Gasteiger charge is 2.26. The molecular formula is C28H36Cl2N6O2. The van der Waals surface area contributed by atoms with Gasteiger partial charge in [-0.1, -0.05) is 69.3 Å². The highest BCUT2D eigenvalue weighted by Crippen LogP contribution is 2.20. The number of carbonyl (C=O) groups is 2. The standard InChI is InChI=1S/C28H34N6O2.2ClH/c1-28(2,3)27-32-17-20(33-27)14-24(26(36)31-15-18-9-5-4-6-10-18)34-25(35)22(29)13-19-16-30-23-12-8-7-11-21(19)23;;/h4-12,16-17,22,24,30H,13-15,29H2,1-3H3,(H,31,36)(H,32,33)(H,34,35);2*1H/t22-,24-;;/m0../s1. The van der Waals surface area contributed by atoms with Gasteiger partial charge in [0.15, 0.2) is 0 Å². The minimum Gasteiger partial charge on any atom is -0.361 e. The van der Waals surface area contributed by atoms with Crippen LogP contribution >= 0.6 is 24.8 Å². The summed E-state index contributed by atoms with van der Waals surface area (Å²) in [6.45, 7) is 6.55. The molecule has 0 radical (unpaired) electrons. The minimum atomic E-state index is -0.805. The van der Waals surface area contributed by atoms with E-state index in [2.05, 4.69) is 46.4 Å². The number of hydrogen-bond donors (Lipinski definition) is 5. The number of carbonyl (C=O) groups excluding carboxylic acids is 2. The fourth-order valence-corrected chi connectivity index (χ4v) is 4.09. The number of rotatable bonds is 9. The topological polar surface area (TPSA) is 129 Å². The van der Waals surface area contributed by atoms with Crippen LogP contribution in [0.5, 0.6) is 0 Å². The summed E-state index contributed by atoms with van der Waals surface area (Å²) in [6.07, 6.45) is 4.22. The molecule has 2 aromatic heterocycles. The first kappa shape index (κ1) is 30.9. The number of halogens is 2. The van der Waals surface area contributed by atoms with E-state index in [1.54, 1.807) is 6.20 Å². The van der Waals surface area contributed by atoms with Gasteiger partial charge in [0, 0.05) is 47.4 Å². The molecule has 204 valence electrons. The largest absolute Gasteiger partial charge is 0.361 e. The van der Waals surface area contributed by atoms with Crippen molar-refractivity contribution in [2.45, 2.75) is 57.7 Å². The molecule has 0 bridgehead atoms. The zero-order valence-corrected chi connectivity index (χ0v) is 23.4. The second kappa shape index (κ2) is 13.5. The first-order valence-electron chi connectivity index (χ1n) is 12.2. The van der Waals surface area contributed by atoms with Crippen LogP contribution in [0.15, 0.2) is 67.0 Å². The highest BCUT2D eigenvalue weighted by atomic mass is 35.5. The number of nitrogens with one attached hydrogen (secondary N) is 4. The predicted octanol–water partition coefficient (Wildman–Crippen LogP) is 3.95. The molecule has 38 heavy (non-hydrogen) atoms. The average molecular weight is 560 g/mol. The van der Waals surface area contributed by atoms with Crippen molar-refractivity contribution in [1.29, 1.82) is 0 Å². The number of aromatic nitrogens is 3. The van der Waals surface area contributed by atoms with E-state index in [9.17, 15) is 9.59 Å². The maximum atomic E-state index is 13.2. The maximum absolute atomic E-state index is 13.2. The van der Waals surface area contributed by atoms with Gasteiger partial charge in [-0.3, -0.25) is 9.59 Å². The first-order chi connectivity index (χ1) is 17.2. The molecule has 4 aromatic rings. The summed E-state index contributed by atoms with van der Waals surface area (Å²) >= 11 is 0. The third kappa shape index (κ3) is 7.84. The van der Waals surface area contributed by atoms with E-state index in [1.165, 1.54) is 0 Å². The number of hydrogen-bond acceptors (Lipinski definition) is 4. The molecule has 2 atom stereocenters. The second-order valence-corrected chi connectivity index (χ2v) is 10.1. The van der Waals surface area contributed by atoms with Crippen molar-refractivity contribution >= 4 is 47.5 Å². The molecule has 0 fully saturated rings. The smallest absolute Gasteiger partial charge is 0.243 e. The number of benzene rings is 2. The molecule has 4 rings (SSSR count). The number of aromatic amines is 2. The molecule has 8 nitrogen and oxygen atoms in total. The third-order valence-corrected chi connectivity index (χ3v) is 6.16. The fraction of sp³-hybridized carbons (Fsp3) is 0.321. The quantitative estimate of drug-likeness (QED) is 0.213. The summed E-state index contributed by atoms with van der Waals surface area (Å²) < 4.78 is 0. The summed E-state index contributed by atoms with van der Waals surface area (Å²) in [6, 6.07) is 15.9. The monoisotopic (exact) mass is 558 g/mol. The van der Waals surface area contributed by atoms with Gasteiger partial charge in [-0.25, -0.2) is 4.98 Å². The van der Waals surface area contributed by atoms with Crippen molar-refractivity contribution in [3.63, 3.8) is 0 Å². The summed E-state index contributed by atoms with van der Waals surface area (Å²) in [5, 5.41) is 6.84. The van der Waals surface area contributed by atoms with Crippen LogP contribution in [0.4, 0.5) is 0 Å². The number of nitrogens with zero attached hydrogens (tertiary/aromatic N) is 1. The number of fused-ring (bicyclic) bond motifs is 1. The molecule has 0 aliphatic heterocycles. The van der Waals surface area contributed by atoms with Gasteiger partial charge >= 0.3 is 0 Å². The van der Waals surface area contributed by atoms with Crippen LogP contribution in [0.1, 0.15) is 43.4 Å². The van der Waals surface area contributed by atoms with Gasteiger partial charge in [0.1, 0.15) is 11.9 Å². The van der Waals surface area contributed by atoms with E-state index in [0.29, 0.717) is 13.0 Å². The highest BCUT2D eigenvalue weighted by molar-refractivity contribution is 5.91. The molecule has 0 saturated carbocycles. The molecule has 0 saturated heterocycles. The Labute approximate surface area is 235 Å². The maximum Gasteiger partial charge on any atom is 0.243 e. The van der Waals surface area contributed by atoms with Crippen LogP contribution in [0.3, 0.4) is 0 Å². The van der Waals surface area contributed by atoms with Gasteiger partial charge in [-0.2, -0.15) is 0 Å². The van der Waals surface area contributed by atoms with Crippen molar-refractivity contribution in [3.8, 4) is 0 Å². The van der Waals surface area contributed by atoms with E-state index < -0.39 is 12.1 Å². The van der Waals surface area contributed by atoms with Gasteiger partial charge in [-0.15, -0.1) is 24.8 Å². The van der Waals surface area contributed by atoms with Gasteiger partial charge in [0.05, 0.1) is 6.04 Å². The summed E-state index contributed by atoms with van der Waals surface area (Å²) in [5.41, 5.74) is 9.83. The Morgan fingerprint density at radius 3 is 2.34 bits per heavy atom. The van der Waals surface area contributed by atoms with Crippen molar-refractivity contribution in [1.82, 2.24) is 25.6 Å². The first-order valence-corrected chi connectivity index (χ1v) is 12.2. The van der Waals surface area contributed by atoms with Crippen molar-refractivity contribution in [3.05, 3.63) is 89.6 Å². The predicted molar refractivity (Wildman–Crippen MR) is 156 cm³/mol. The average Bonchev–Trinajstić information content (AvgIpc) is 3.50. The molecule has 0 aliphatic rings. The molecule has 2 aromatic carbocycles. The fourth-order valence-electron chi connectivity index (χ4n) is 4.09. The molecular weight excluding hydrogens is 523 g/mol. The Kier molecular flexibility index (Phi) is 10.9. The zero-order valence-electron chi connectivity index (χ0n) is 21.8. The SMILES string of the molecule is CC(C)(C)c1ncc(C[C@H](NC(=O)[C@@H](N)Cc2c[nH]c3ccccc23)C(=O)NCc2ccccc2)[nH]1.Cl.Cl. The van der Waals surface area contributed by atoms with Crippen molar-refractivity contribution in [2.24, 2.45) is 5.73 Å². The molecule has 2 heterocycles. The third-order valence-electron chi connectivity index (χ3n) is 6.16. The molecule has 0 spiro atoms. The van der Waals surface area contributed by atoms with E-state index in [4.69, 9.17) is 5.73 Å². The lowest BCUT2D eigenvalue weighted by atomic mass is 9.96. The Morgan fingerprint density at radius 2 is 1.66 bits per heavy atom. The lowest BCUT2D eigenvalue weighted by Gasteiger charge is -2.21. The molecule has 10 heteroatoms. The minimum absolute atomic E-state index is 0. The number of amides is 2. The van der Waals surface area contributed by atoms with Crippen LogP contribution in [0.2, 0.25) is 0 Å². The summed E-state index contributed by atoms with van der Waals surface area (Å²) in [5.74, 6) is 0.164. The van der Waals surface area contributed by atoms with E-state index >= 15 is 0 Å². The second-order valence-electron chi connectivity index (χ2n) is 10.1. The van der Waals surface area contributed by atoms with Crippen LogP contribution in [0, 0.1) is 0 Å². The van der Waals surface area contributed by atoms with E-state index in [-0.39, 0.29) is 48.5 Å². The summed E-state index contributed by atoms with van der Waals surface area (Å²) in [7, 11) is 0. The van der Waals surface area contributed by atoms with E-state index in [1.807, 2.05) is 60.8 Å². The Hall–Kier alpha value is -3.33. The molecule has 6 N–H and O–H groups in total. The molecule has 0 aliphatic carbocycles. The number of H-pyrrole nitrogens is 2. The number of nitrogens with two attached hydrogens (primary N) is 1. The Morgan fingerprint density at radius 1 is 0.974 bits per heavy atom. The lowest BCUT2D eigenvalue weighted by Crippen LogP contribution is -2.53. The van der Waals surface area contributed by atoms with Gasteiger partial charge in [0.25, 0.3) is 0 Å². The van der Waals surface area contributed by atoms with Crippen LogP contribution in [0.25, 0.3) is 10.9 Å². The van der Waals surface area contributed by atoms with Crippen LogP contribution < -0.4 is 16.4 Å². The van der Waals surface area contributed by atoms with E-state index in [0.717, 1.165) is 33.5 Å². The van der Waals surface area contributed by atoms with Gasteiger partial charge < -0.3 is 26.3 Å². The zero-order chi connectivity index (χ0) is 25.7.